The Morgan fingerprint density at radius 3 is 2.45 bits per heavy atom. The minimum Gasteiger partial charge on any atom is -0.481 e. The molecule has 1 aromatic rings. The lowest BCUT2D eigenvalue weighted by atomic mass is 10.1. The van der Waals surface area contributed by atoms with E-state index in [9.17, 15) is 14.0 Å². The summed E-state index contributed by atoms with van der Waals surface area (Å²) in [5.41, 5.74) is -0.0896. The van der Waals surface area contributed by atoms with Gasteiger partial charge in [-0.15, -0.1) is 0 Å². The van der Waals surface area contributed by atoms with Crippen LogP contribution in [0.4, 0.5) is 10.1 Å². The van der Waals surface area contributed by atoms with Crippen LogP contribution in [0.3, 0.4) is 0 Å². The lowest BCUT2D eigenvalue weighted by molar-refractivity contribution is -0.140. The maximum absolute atomic E-state index is 13.3. The van der Waals surface area contributed by atoms with Crippen LogP contribution in [0.25, 0.3) is 0 Å². The third-order valence-electron chi connectivity index (χ3n) is 4.06. The summed E-state index contributed by atoms with van der Waals surface area (Å²) in [5, 5.41) is 9.15. The van der Waals surface area contributed by atoms with Gasteiger partial charge in [0.25, 0.3) is 0 Å². The monoisotopic (exact) mass is 279 g/mol. The van der Waals surface area contributed by atoms with Crippen molar-refractivity contribution in [2.24, 2.45) is 17.3 Å². The molecular weight excluding hydrogens is 261 g/mol. The molecule has 0 aliphatic heterocycles. The molecule has 0 saturated heterocycles. The molecule has 0 aromatic heterocycles. The highest BCUT2D eigenvalue weighted by atomic mass is 19.1. The Morgan fingerprint density at radius 1 is 1.35 bits per heavy atom. The van der Waals surface area contributed by atoms with Gasteiger partial charge in [-0.3, -0.25) is 9.59 Å². The number of amides is 1. The second kappa shape index (κ2) is 4.89. The third kappa shape index (κ3) is 2.28. The van der Waals surface area contributed by atoms with E-state index in [1.54, 1.807) is 26.8 Å². The van der Waals surface area contributed by atoms with Crippen LogP contribution in [0.2, 0.25) is 0 Å². The van der Waals surface area contributed by atoms with Crippen molar-refractivity contribution in [2.75, 3.05) is 11.4 Å². The summed E-state index contributed by atoms with van der Waals surface area (Å²) in [4.78, 5) is 25.1. The molecule has 4 nitrogen and oxygen atoms in total. The largest absolute Gasteiger partial charge is 0.481 e. The zero-order valence-corrected chi connectivity index (χ0v) is 11.8. The molecule has 0 unspecified atom stereocenters. The Kier molecular flexibility index (Phi) is 3.54. The van der Waals surface area contributed by atoms with Gasteiger partial charge in [0.05, 0.1) is 11.8 Å². The first-order valence-corrected chi connectivity index (χ1v) is 6.60. The average molecular weight is 279 g/mol. The number of halogens is 1. The van der Waals surface area contributed by atoms with Gasteiger partial charge in [0.15, 0.2) is 0 Å². The highest BCUT2D eigenvalue weighted by Gasteiger charge is 2.66. The van der Waals surface area contributed by atoms with Crippen LogP contribution in [-0.2, 0) is 9.59 Å². The Bertz CT molecular complexity index is 556. The molecule has 1 N–H and O–H groups in total. The van der Waals surface area contributed by atoms with E-state index in [-0.39, 0.29) is 5.91 Å². The van der Waals surface area contributed by atoms with Crippen LogP contribution in [0, 0.1) is 23.1 Å². The topological polar surface area (TPSA) is 57.6 Å². The van der Waals surface area contributed by atoms with Gasteiger partial charge in [0.1, 0.15) is 5.82 Å². The first-order chi connectivity index (χ1) is 9.30. The van der Waals surface area contributed by atoms with E-state index in [0.717, 1.165) is 0 Å². The molecule has 2 atom stereocenters. The predicted molar refractivity (Wildman–Crippen MR) is 72.8 cm³/mol. The SMILES string of the molecule is CCN(C(=O)[C@H]1[C@@H](C(=O)O)C1(C)C)c1cccc(F)c1. The standard InChI is InChI=1S/C15H18FNO3/c1-4-17(10-7-5-6-9(16)8-10)13(18)11-12(14(19)20)15(11,2)3/h5-8,11-12H,4H2,1-3H3,(H,19,20)/t11-,12+/m1/s1. The van der Waals surface area contributed by atoms with Gasteiger partial charge in [0, 0.05) is 12.2 Å². The summed E-state index contributed by atoms with van der Waals surface area (Å²) in [5.74, 6) is -2.85. The normalized spacial score (nSPS) is 23.2. The van der Waals surface area contributed by atoms with Crippen LogP contribution < -0.4 is 4.90 Å². The fourth-order valence-electron chi connectivity index (χ4n) is 2.84. The number of rotatable bonds is 4. The van der Waals surface area contributed by atoms with Gasteiger partial charge in [-0.2, -0.15) is 0 Å². The summed E-state index contributed by atoms with van der Waals surface area (Å²) >= 11 is 0. The average Bonchev–Trinajstić information content (AvgIpc) is 2.93. The van der Waals surface area contributed by atoms with Gasteiger partial charge < -0.3 is 10.0 Å². The lowest BCUT2D eigenvalue weighted by Gasteiger charge is -2.22. The molecule has 1 saturated carbocycles. The van der Waals surface area contributed by atoms with Crippen molar-refractivity contribution in [2.45, 2.75) is 20.8 Å². The molecule has 1 amide bonds. The molecule has 0 bridgehead atoms. The van der Waals surface area contributed by atoms with Crippen LogP contribution >= 0.6 is 0 Å². The number of hydrogen-bond acceptors (Lipinski definition) is 2. The van der Waals surface area contributed by atoms with Crippen molar-refractivity contribution in [3.8, 4) is 0 Å². The molecule has 0 heterocycles. The fraction of sp³-hybridized carbons (Fsp3) is 0.467. The Balaban J connectivity index is 2.26. The van der Waals surface area contributed by atoms with Crippen LogP contribution in [0.15, 0.2) is 24.3 Å². The number of anilines is 1. The second-order valence-corrected chi connectivity index (χ2v) is 5.68. The summed E-state index contributed by atoms with van der Waals surface area (Å²) < 4.78 is 13.3. The van der Waals surface area contributed by atoms with Crippen molar-refractivity contribution in [1.29, 1.82) is 0 Å². The molecule has 0 radical (unpaired) electrons. The Hall–Kier alpha value is -1.91. The highest BCUT2D eigenvalue weighted by Crippen LogP contribution is 2.59. The van der Waals surface area contributed by atoms with Gasteiger partial charge >= 0.3 is 5.97 Å². The molecule has 5 heteroatoms. The number of aliphatic carboxylic acids is 1. The Morgan fingerprint density at radius 2 is 2.00 bits per heavy atom. The molecule has 0 spiro atoms. The van der Waals surface area contributed by atoms with E-state index in [1.807, 2.05) is 0 Å². The van der Waals surface area contributed by atoms with E-state index in [2.05, 4.69) is 0 Å². The van der Waals surface area contributed by atoms with Gasteiger partial charge in [0.2, 0.25) is 5.91 Å². The van der Waals surface area contributed by atoms with Crippen molar-refractivity contribution in [1.82, 2.24) is 0 Å². The minimum atomic E-state index is -0.955. The van der Waals surface area contributed by atoms with E-state index >= 15 is 0 Å². The number of hydrogen-bond donors (Lipinski definition) is 1. The van der Waals surface area contributed by atoms with E-state index < -0.39 is 29.0 Å². The van der Waals surface area contributed by atoms with E-state index in [0.29, 0.717) is 12.2 Å². The molecular formula is C15H18FNO3. The first-order valence-electron chi connectivity index (χ1n) is 6.60. The third-order valence-corrected chi connectivity index (χ3v) is 4.06. The van der Waals surface area contributed by atoms with Crippen molar-refractivity contribution in [3.63, 3.8) is 0 Å². The summed E-state index contributed by atoms with van der Waals surface area (Å²) in [6.45, 7) is 5.71. The predicted octanol–water partition coefficient (Wildman–Crippen LogP) is 2.54. The zero-order valence-electron chi connectivity index (χ0n) is 11.8. The van der Waals surface area contributed by atoms with Crippen LogP contribution in [0.5, 0.6) is 0 Å². The fourth-order valence-corrected chi connectivity index (χ4v) is 2.84. The Labute approximate surface area is 117 Å². The molecule has 108 valence electrons. The number of carboxylic acid groups (broad SMARTS) is 1. The lowest BCUT2D eigenvalue weighted by Crippen LogP contribution is -2.33. The number of benzene rings is 1. The smallest absolute Gasteiger partial charge is 0.307 e. The van der Waals surface area contributed by atoms with Crippen molar-refractivity contribution in [3.05, 3.63) is 30.1 Å². The quantitative estimate of drug-likeness (QED) is 0.921. The molecule has 1 aromatic carbocycles. The van der Waals surface area contributed by atoms with Crippen molar-refractivity contribution < 1.29 is 19.1 Å². The zero-order chi connectivity index (χ0) is 15.1. The summed E-state index contributed by atoms with van der Waals surface area (Å²) in [7, 11) is 0. The molecule has 20 heavy (non-hydrogen) atoms. The summed E-state index contributed by atoms with van der Waals surface area (Å²) in [6.07, 6.45) is 0. The molecule has 1 fully saturated rings. The van der Waals surface area contributed by atoms with E-state index in [4.69, 9.17) is 5.11 Å². The van der Waals surface area contributed by atoms with Gasteiger partial charge in [-0.25, -0.2) is 4.39 Å². The van der Waals surface area contributed by atoms with Crippen LogP contribution in [0.1, 0.15) is 20.8 Å². The molecule has 1 aliphatic carbocycles. The number of nitrogens with zero attached hydrogens (tertiary/aromatic N) is 1. The van der Waals surface area contributed by atoms with E-state index in [1.165, 1.54) is 23.1 Å². The van der Waals surface area contributed by atoms with Gasteiger partial charge in [-0.1, -0.05) is 19.9 Å². The molecule has 1 aliphatic rings. The number of carbonyl (C=O) groups is 2. The van der Waals surface area contributed by atoms with Crippen molar-refractivity contribution >= 4 is 17.6 Å². The highest BCUT2D eigenvalue weighted by molar-refractivity contribution is 6.01. The maximum atomic E-state index is 13.3. The maximum Gasteiger partial charge on any atom is 0.307 e. The summed E-state index contributed by atoms with van der Waals surface area (Å²) in [6, 6.07) is 5.78. The van der Waals surface area contributed by atoms with Crippen LogP contribution in [-0.4, -0.2) is 23.5 Å². The molecule has 2 rings (SSSR count). The van der Waals surface area contributed by atoms with Gasteiger partial charge in [-0.05, 0) is 30.5 Å². The second-order valence-electron chi connectivity index (χ2n) is 5.68. The first kappa shape index (κ1) is 14.5. The number of carbonyl (C=O) groups excluding carboxylic acids is 1. The minimum absolute atomic E-state index is 0.254. The number of carboxylic acids is 1.